The number of carbonyl (C=O) groups is 3. The van der Waals surface area contributed by atoms with Gasteiger partial charge in [-0.1, -0.05) is 0 Å². The standard InChI is InChI=1S/C19H32N6O6/c26-16(27)4-1-7-20-10-23-12-21(8-2-5-17(28)29)14-25-15-22(9-3-6-18(30)31)13-24(11-20)19(23)25/h1-15H2,(H2-,26,27,28,29,30,31)/p+1. The van der Waals surface area contributed by atoms with E-state index in [1.807, 2.05) is 0 Å². The van der Waals surface area contributed by atoms with Crippen LogP contribution >= 0.6 is 0 Å². The van der Waals surface area contributed by atoms with Crippen LogP contribution in [0, 0.1) is 0 Å². The number of guanidine groups is 1. The number of carboxylic acid groups (broad SMARTS) is 3. The first-order valence-corrected chi connectivity index (χ1v) is 10.8. The van der Waals surface area contributed by atoms with E-state index in [0.717, 1.165) is 5.96 Å². The Morgan fingerprint density at radius 3 is 1.39 bits per heavy atom. The Kier molecular flexibility index (Phi) is 8.04. The monoisotopic (exact) mass is 441 g/mol. The average molecular weight is 442 g/mol. The van der Waals surface area contributed by atoms with Crippen LogP contribution in [0.3, 0.4) is 0 Å². The summed E-state index contributed by atoms with van der Waals surface area (Å²) in [4.78, 5) is 43.9. The van der Waals surface area contributed by atoms with Gasteiger partial charge in [0, 0.05) is 38.9 Å². The molecule has 1 saturated heterocycles. The summed E-state index contributed by atoms with van der Waals surface area (Å²) in [5.41, 5.74) is 0. The molecule has 3 rings (SSSR count). The number of aliphatic carboxylic acids is 3. The second-order valence-electron chi connectivity index (χ2n) is 8.44. The molecule has 3 heterocycles. The number of rotatable bonds is 12. The largest absolute Gasteiger partial charge is 0.481 e. The van der Waals surface area contributed by atoms with Crippen LogP contribution in [0.2, 0.25) is 0 Å². The van der Waals surface area contributed by atoms with Gasteiger partial charge in [-0.25, -0.2) is 29.1 Å². The number of carboxylic acids is 3. The summed E-state index contributed by atoms with van der Waals surface area (Å²) in [5.74, 6) is -1.22. The molecule has 0 saturated carbocycles. The van der Waals surface area contributed by atoms with E-state index >= 15 is 0 Å². The molecule has 3 N–H and O–H groups in total. The van der Waals surface area contributed by atoms with E-state index in [1.54, 1.807) is 0 Å². The highest BCUT2D eigenvalue weighted by Crippen LogP contribution is 2.20. The quantitative estimate of drug-likeness (QED) is 0.330. The molecule has 0 amide bonds. The topological polar surface area (TPSA) is 131 Å². The molecule has 12 nitrogen and oxygen atoms in total. The predicted molar refractivity (Wildman–Crippen MR) is 109 cm³/mol. The normalized spacial score (nSPS) is 20.1. The third-order valence-corrected chi connectivity index (χ3v) is 5.67. The molecule has 0 spiro atoms. The van der Waals surface area contributed by atoms with Gasteiger partial charge in [-0.3, -0.25) is 14.4 Å². The van der Waals surface area contributed by atoms with Gasteiger partial charge in [-0.05, 0) is 19.3 Å². The first kappa shape index (κ1) is 23.2. The van der Waals surface area contributed by atoms with Crippen LogP contribution in [0.5, 0.6) is 0 Å². The van der Waals surface area contributed by atoms with Crippen LogP contribution in [0.25, 0.3) is 0 Å². The Morgan fingerprint density at radius 2 is 1.00 bits per heavy atom. The zero-order valence-electron chi connectivity index (χ0n) is 17.9. The SMILES string of the molecule is O=C(O)CCCN1CN2CN(CCCC(=O)O)C[N+]3=C2N(C1)CN(CCCC(=O)O)C3. The lowest BCUT2D eigenvalue weighted by molar-refractivity contribution is -0.596. The highest BCUT2D eigenvalue weighted by molar-refractivity contribution is 5.76. The van der Waals surface area contributed by atoms with E-state index in [9.17, 15) is 14.4 Å². The van der Waals surface area contributed by atoms with Crippen molar-refractivity contribution in [2.75, 3.05) is 59.6 Å². The molecule has 174 valence electrons. The van der Waals surface area contributed by atoms with Gasteiger partial charge >= 0.3 is 23.9 Å². The van der Waals surface area contributed by atoms with Crippen LogP contribution in [-0.2, 0) is 14.4 Å². The fourth-order valence-corrected chi connectivity index (χ4v) is 4.48. The molecule has 0 atom stereocenters. The highest BCUT2D eigenvalue weighted by atomic mass is 16.4. The van der Waals surface area contributed by atoms with Crippen LogP contribution in [0.1, 0.15) is 38.5 Å². The minimum Gasteiger partial charge on any atom is -0.481 e. The van der Waals surface area contributed by atoms with Crippen LogP contribution in [-0.4, -0.2) is 128 Å². The third-order valence-electron chi connectivity index (χ3n) is 5.67. The molecular weight excluding hydrogens is 408 g/mol. The summed E-state index contributed by atoms with van der Waals surface area (Å²) in [7, 11) is 0. The molecule has 31 heavy (non-hydrogen) atoms. The van der Waals surface area contributed by atoms with Gasteiger partial charge in [0.05, 0.1) is 0 Å². The van der Waals surface area contributed by atoms with Gasteiger partial charge in [0.25, 0.3) is 0 Å². The minimum atomic E-state index is -0.791. The zero-order valence-corrected chi connectivity index (χ0v) is 17.9. The minimum absolute atomic E-state index is 0.141. The van der Waals surface area contributed by atoms with Crippen molar-refractivity contribution in [3.8, 4) is 0 Å². The fraction of sp³-hybridized carbons (Fsp3) is 0.789. The Labute approximate surface area is 181 Å². The van der Waals surface area contributed by atoms with Gasteiger partial charge < -0.3 is 15.3 Å². The molecule has 1 fully saturated rings. The van der Waals surface area contributed by atoms with Gasteiger partial charge in [0.15, 0.2) is 0 Å². The lowest BCUT2D eigenvalue weighted by Gasteiger charge is -2.48. The van der Waals surface area contributed by atoms with Gasteiger partial charge in [0.2, 0.25) is 0 Å². The van der Waals surface area contributed by atoms with Crippen molar-refractivity contribution in [3.63, 3.8) is 0 Å². The van der Waals surface area contributed by atoms with E-state index in [2.05, 4.69) is 29.1 Å². The van der Waals surface area contributed by atoms with Crippen LogP contribution < -0.4 is 0 Å². The van der Waals surface area contributed by atoms with Gasteiger partial charge in [-0.15, -0.1) is 0 Å². The molecule has 0 aromatic carbocycles. The summed E-state index contributed by atoms with van der Waals surface area (Å²) >= 11 is 0. The van der Waals surface area contributed by atoms with Gasteiger partial charge in [0.1, 0.15) is 40.0 Å². The first-order chi connectivity index (χ1) is 14.8. The van der Waals surface area contributed by atoms with E-state index in [0.29, 0.717) is 78.9 Å². The molecule has 0 radical (unpaired) electrons. The summed E-state index contributed by atoms with van der Waals surface area (Å²) in [6.45, 7) is 6.28. The molecule has 0 bridgehead atoms. The Bertz CT molecular complexity index is 670. The van der Waals surface area contributed by atoms with Gasteiger partial charge in [-0.2, -0.15) is 0 Å². The van der Waals surface area contributed by atoms with Crippen molar-refractivity contribution in [1.82, 2.24) is 24.5 Å². The molecule has 12 heteroatoms. The van der Waals surface area contributed by atoms with E-state index < -0.39 is 17.9 Å². The van der Waals surface area contributed by atoms with E-state index in [4.69, 9.17) is 15.3 Å². The summed E-state index contributed by atoms with van der Waals surface area (Å²) in [6.07, 6.45) is 2.17. The maximum Gasteiger partial charge on any atom is 0.356 e. The maximum atomic E-state index is 10.9. The highest BCUT2D eigenvalue weighted by Gasteiger charge is 2.44. The van der Waals surface area contributed by atoms with Crippen LogP contribution in [0.4, 0.5) is 0 Å². The third kappa shape index (κ3) is 6.77. The molecule has 0 unspecified atom stereocenters. The summed E-state index contributed by atoms with van der Waals surface area (Å²) in [5, 5.41) is 26.8. The summed E-state index contributed by atoms with van der Waals surface area (Å²) in [6, 6.07) is 0. The lowest BCUT2D eigenvalue weighted by Crippen LogP contribution is -2.71. The molecular formula is C19H33N6O6+. The Hall–Kier alpha value is -2.44. The molecule has 0 aromatic heterocycles. The van der Waals surface area contributed by atoms with Crippen LogP contribution in [0.15, 0.2) is 0 Å². The van der Waals surface area contributed by atoms with Crippen molar-refractivity contribution in [2.45, 2.75) is 38.5 Å². The second kappa shape index (κ2) is 10.7. The number of hydrogen-bond donors (Lipinski definition) is 3. The van der Waals surface area contributed by atoms with Crippen molar-refractivity contribution in [3.05, 3.63) is 0 Å². The van der Waals surface area contributed by atoms with Crippen molar-refractivity contribution in [1.29, 1.82) is 0 Å². The Morgan fingerprint density at radius 1 is 0.645 bits per heavy atom. The van der Waals surface area contributed by atoms with E-state index in [1.165, 1.54) is 0 Å². The molecule has 0 aliphatic carbocycles. The number of hydrogen-bond acceptors (Lipinski definition) is 8. The van der Waals surface area contributed by atoms with Crippen molar-refractivity contribution < 1.29 is 34.3 Å². The molecule has 3 aliphatic heterocycles. The smallest absolute Gasteiger partial charge is 0.356 e. The summed E-state index contributed by atoms with van der Waals surface area (Å²) < 4.78 is 2.27. The maximum absolute atomic E-state index is 10.9. The van der Waals surface area contributed by atoms with Crippen molar-refractivity contribution in [2.24, 2.45) is 0 Å². The molecule has 3 aliphatic rings. The number of nitrogens with zero attached hydrogens (tertiary/aromatic N) is 6. The predicted octanol–water partition coefficient (Wildman–Crippen LogP) is -0.755. The molecule has 0 aromatic rings. The Balaban J connectivity index is 1.67. The van der Waals surface area contributed by atoms with Crippen molar-refractivity contribution >= 4 is 23.9 Å². The zero-order chi connectivity index (χ0) is 22.4. The fourth-order valence-electron chi connectivity index (χ4n) is 4.48. The lowest BCUT2D eigenvalue weighted by atomic mass is 10.2. The first-order valence-electron chi connectivity index (χ1n) is 10.8. The average Bonchev–Trinajstić information content (AvgIpc) is 2.66. The van der Waals surface area contributed by atoms with E-state index in [-0.39, 0.29) is 19.3 Å². The second-order valence-corrected chi connectivity index (χ2v) is 8.44.